The molecule has 2 nitrogen and oxygen atoms in total. The molecule has 1 aliphatic rings. The zero-order chi connectivity index (χ0) is 8.10. The van der Waals surface area contributed by atoms with Crippen molar-refractivity contribution in [2.75, 3.05) is 13.1 Å². The van der Waals surface area contributed by atoms with E-state index in [2.05, 4.69) is 5.32 Å². The first-order valence-corrected chi connectivity index (χ1v) is 4.42. The van der Waals surface area contributed by atoms with Crippen molar-refractivity contribution in [2.45, 2.75) is 37.9 Å². The largest absolute Gasteiger partial charge is 0.330 e. The standard InChI is InChI=1S/C8H17FN2/c9-7(4-5-10)8-3-1-2-6-11-8/h7-8,11H,1-6,10H2. The molecule has 1 rings (SSSR count). The Morgan fingerprint density at radius 3 is 2.91 bits per heavy atom. The van der Waals surface area contributed by atoms with Crippen molar-refractivity contribution < 1.29 is 4.39 Å². The highest BCUT2D eigenvalue weighted by atomic mass is 19.1. The molecule has 0 aromatic rings. The molecule has 0 aliphatic carbocycles. The average molecular weight is 160 g/mol. The van der Waals surface area contributed by atoms with Crippen LogP contribution in [0.5, 0.6) is 0 Å². The van der Waals surface area contributed by atoms with Gasteiger partial charge in [-0.3, -0.25) is 0 Å². The lowest BCUT2D eigenvalue weighted by Gasteiger charge is -2.26. The predicted molar refractivity (Wildman–Crippen MR) is 44.2 cm³/mol. The van der Waals surface area contributed by atoms with E-state index in [1.807, 2.05) is 0 Å². The van der Waals surface area contributed by atoms with Crippen molar-refractivity contribution in [2.24, 2.45) is 5.73 Å². The van der Waals surface area contributed by atoms with Crippen LogP contribution in [0.4, 0.5) is 4.39 Å². The smallest absolute Gasteiger partial charge is 0.117 e. The Morgan fingerprint density at radius 1 is 1.55 bits per heavy atom. The molecule has 1 heterocycles. The van der Waals surface area contributed by atoms with Gasteiger partial charge in [0.15, 0.2) is 0 Å². The second kappa shape index (κ2) is 4.67. The summed E-state index contributed by atoms with van der Waals surface area (Å²) in [5, 5.41) is 3.17. The number of halogens is 1. The van der Waals surface area contributed by atoms with Gasteiger partial charge < -0.3 is 11.1 Å². The van der Waals surface area contributed by atoms with Crippen molar-refractivity contribution in [3.05, 3.63) is 0 Å². The van der Waals surface area contributed by atoms with Crippen molar-refractivity contribution in [1.82, 2.24) is 5.32 Å². The third-order valence-corrected chi connectivity index (χ3v) is 2.23. The van der Waals surface area contributed by atoms with Gasteiger partial charge in [-0.15, -0.1) is 0 Å². The second-order valence-corrected chi connectivity index (χ2v) is 3.15. The Balaban J connectivity index is 2.21. The van der Waals surface area contributed by atoms with Crippen LogP contribution in [0.1, 0.15) is 25.7 Å². The summed E-state index contributed by atoms with van der Waals surface area (Å²) in [6.45, 7) is 1.43. The van der Waals surface area contributed by atoms with Gasteiger partial charge in [-0.2, -0.15) is 0 Å². The maximum Gasteiger partial charge on any atom is 0.117 e. The number of alkyl halides is 1. The van der Waals surface area contributed by atoms with E-state index in [4.69, 9.17) is 5.73 Å². The fraction of sp³-hybridized carbons (Fsp3) is 1.00. The van der Waals surface area contributed by atoms with Crippen LogP contribution >= 0.6 is 0 Å². The first-order chi connectivity index (χ1) is 5.34. The van der Waals surface area contributed by atoms with Crippen LogP contribution in [-0.2, 0) is 0 Å². The Morgan fingerprint density at radius 2 is 2.36 bits per heavy atom. The van der Waals surface area contributed by atoms with Crippen molar-refractivity contribution in [1.29, 1.82) is 0 Å². The third-order valence-electron chi connectivity index (χ3n) is 2.23. The average Bonchev–Trinajstić information content (AvgIpc) is 2.07. The summed E-state index contributed by atoms with van der Waals surface area (Å²) in [5.74, 6) is 0. The lowest BCUT2D eigenvalue weighted by molar-refractivity contribution is 0.209. The number of nitrogens with two attached hydrogens (primary N) is 1. The van der Waals surface area contributed by atoms with E-state index in [9.17, 15) is 4.39 Å². The third kappa shape index (κ3) is 2.75. The summed E-state index contributed by atoms with van der Waals surface area (Å²) in [6.07, 6.45) is 3.08. The van der Waals surface area contributed by atoms with Crippen LogP contribution in [-0.4, -0.2) is 25.3 Å². The van der Waals surface area contributed by atoms with Gasteiger partial charge in [0.1, 0.15) is 6.17 Å². The molecule has 3 heteroatoms. The number of rotatable bonds is 3. The van der Waals surface area contributed by atoms with Gasteiger partial charge in [-0.05, 0) is 32.4 Å². The van der Waals surface area contributed by atoms with Crippen LogP contribution in [0.15, 0.2) is 0 Å². The molecule has 66 valence electrons. The van der Waals surface area contributed by atoms with Crippen molar-refractivity contribution in [3.8, 4) is 0 Å². The second-order valence-electron chi connectivity index (χ2n) is 3.15. The lowest BCUT2D eigenvalue weighted by atomic mass is 9.99. The quantitative estimate of drug-likeness (QED) is 0.641. The molecule has 2 unspecified atom stereocenters. The maximum absolute atomic E-state index is 13.1. The zero-order valence-corrected chi connectivity index (χ0v) is 6.85. The molecular formula is C8H17FN2. The van der Waals surface area contributed by atoms with Crippen LogP contribution in [0, 0.1) is 0 Å². The number of nitrogens with one attached hydrogen (secondary N) is 1. The minimum atomic E-state index is -0.736. The molecule has 0 spiro atoms. The van der Waals surface area contributed by atoms with Crippen LogP contribution in [0.2, 0.25) is 0 Å². The van der Waals surface area contributed by atoms with E-state index in [1.54, 1.807) is 0 Å². The van der Waals surface area contributed by atoms with E-state index >= 15 is 0 Å². The fourth-order valence-corrected chi connectivity index (χ4v) is 1.55. The van der Waals surface area contributed by atoms with Gasteiger partial charge in [-0.1, -0.05) is 6.42 Å². The van der Waals surface area contributed by atoms with E-state index < -0.39 is 6.17 Å². The van der Waals surface area contributed by atoms with Gasteiger partial charge >= 0.3 is 0 Å². The predicted octanol–water partition coefficient (Wildman–Crippen LogP) is 0.815. The normalized spacial score (nSPS) is 28.4. The molecule has 1 fully saturated rings. The van der Waals surface area contributed by atoms with E-state index in [-0.39, 0.29) is 6.04 Å². The molecule has 0 aromatic heterocycles. The highest BCUT2D eigenvalue weighted by Gasteiger charge is 2.21. The zero-order valence-electron chi connectivity index (χ0n) is 6.85. The number of hydrogen-bond donors (Lipinski definition) is 2. The van der Waals surface area contributed by atoms with E-state index in [0.29, 0.717) is 13.0 Å². The van der Waals surface area contributed by atoms with Gasteiger partial charge in [-0.25, -0.2) is 4.39 Å². The summed E-state index contributed by atoms with van der Waals surface area (Å²) >= 11 is 0. The van der Waals surface area contributed by atoms with Crippen LogP contribution < -0.4 is 11.1 Å². The Hall–Kier alpha value is -0.150. The molecule has 11 heavy (non-hydrogen) atoms. The van der Waals surface area contributed by atoms with Crippen LogP contribution in [0.25, 0.3) is 0 Å². The topological polar surface area (TPSA) is 38.0 Å². The van der Waals surface area contributed by atoms with Gasteiger partial charge in [0.2, 0.25) is 0 Å². The molecule has 1 aliphatic heterocycles. The summed E-state index contributed by atoms with van der Waals surface area (Å²) in [5.41, 5.74) is 5.27. The number of hydrogen-bond acceptors (Lipinski definition) is 2. The summed E-state index contributed by atoms with van der Waals surface area (Å²) in [4.78, 5) is 0. The first kappa shape index (κ1) is 8.94. The monoisotopic (exact) mass is 160 g/mol. The molecule has 3 N–H and O–H groups in total. The molecule has 0 bridgehead atoms. The maximum atomic E-state index is 13.1. The Kier molecular flexibility index (Phi) is 3.80. The Bertz CT molecular complexity index is 102. The van der Waals surface area contributed by atoms with Crippen molar-refractivity contribution >= 4 is 0 Å². The van der Waals surface area contributed by atoms with E-state index in [1.165, 1.54) is 6.42 Å². The summed E-state index contributed by atoms with van der Waals surface area (Å²) < 4.78 is 13.1. The highest BCUT2D eigenvalue weighted by molar-refractivity contribution is 4.79. The fourth-order valence-electron chi connectivity index (χ4n) is 1.55. The molecule has 2 atom stereocenters. The molecule has 0 aromatic carbocycles. The SMILES string of the molecule is NCCC(F)C1CCCCN1. The first-order valence-electron chi connectivity index (χ1n) is 4.42. The summed E-state index contributed by atoms with van der Waals surface area (Å²) in [6, 6.07) is 0.0762. The molecule has 0 radical (unpaired) electrons. The van der Waals surface area contributed by atoms with Crippen molar-refractivity contribution in [3.63, 3.8) is 0 Å². The molecule has 0 saturated carbocycles. The number of piperidine rings is 1. The minimum Gasteiger partial charge on any atom is -0.330 e. The molecular weight excluding hydrogens is 143 g/mol. The summed E-state index contributed by atoms with van der Waals surface area (Å²) in [7, 11) is 0. The van der Waals surface area contributed by atoms with E-state index in [0.717, 1.165) is 19.4 Å². The van der Waals surface area contributed by atoms with Crippen LogP contribution in [0.3, 0.4) is 0 Å². The lowest BCUT2D eigenvalue weighted by Crippen LogP contribution is -2.41. The highest BCUT2D eigenvalue weighted by Crippen LogP contribution is 2.14. The molecule has 0 amide bonds. The van der Waals surface area contributed by atoms with Gasteiger partial charge in [0.25, 0.3) is 0 Å². The Labute approximate surface area is 67.3 Å². The van der Waals surface area contributed by atoms with Gasteiger partial charge in [0.05, 0.1) is 0 Å². The van der Waals surface area contributed by atoms with Gasteiger partial charge in [0, 0.05) is 6.04 Å². The minimum absolute atomic E-state index is 0.0762. The molecule has 1 saturated heterocycles.